The standard InChI is InChI=1S/C19H32O3/c1-3-4-8-12-17-16(14-15-18(17)20)11-9-6-5-7-10-13-19(21)22-2/h4,8,16-17H,3,5-7,9-15H2,1-2H3. The van der Waals surface area contributed by atoms with Crippen LogP contribution in [-0.4, -0.2) is 18.9 Å². The number of carbonyl (C=O) groups is 2. The van der Waals surface area contributed by atoms with Crippen molar-refractivity contribution < 1.29 is 14.3 Å². The van der Waals surface area contributed by atoms with Crippen molar-refractivity contribution in [3.8, 4) is 0 Å². The quantitative estimate of drug-likeness (QED) is 0.311. The van der Waals surface area contributed by atoms with Crippen LogP contribution < -0.4 is 0 Å². The van der Waals surface area contributed by atoms with Gasteiger partial charge in [-0.3, -0.25) is 9.59 Å². The first-order valence-corrected chi connectivity index (χ1v) is 8.93. The zero-order valence-electron chi connectivity index (χ0n) is 14.3. The van der Waals surface area contributed by atoms with E-state index in [1.165, 1.54) is 32.8 Å². The van der Waals surface area contributed by atoms with E-state index in [1.807, 2.05) is 0 Å². The van der Waals surface area contributed by atoms with Gasteiger partial charge in [0.05, 0.1) is 7.11 Å². The number of carbonyl (C=O) groups excluding carboxylic acids is 2. The van der Waals surface area contributed by atoms with Crippen molar-refractivity contribution in [2.24, 2.45) is 11.8 Å². The number of rotatable bonds is 11. The fourth-order valence-electron chi connectivity index (χ4n) is 3.36. The van der Waals surface area contributed by atoms with E-state index in [2.05, 4.69) is 23.8 Å². The van der Waals surface area contributed by atoms with Crippen LogP contribution in [0.1, 0.15) is 77.6 Å². The lowest BCUT2D eigenvalue weighted by atomic mass is 9.87. The number of ether oxygens (including phenoxy) is 1. The molecule has 0 heterocycles. The van der Waals surface area contributed by atoms with Crippen molar-refractivity contribution >= 4 is 11.8 Å². The molecule has 126 valence electrons. The van der Waals surface area contributed by atoms with Gasteiger partial charge in [0.15, 0.2) is 0 Å². The summed E-state index contributed by atoms with van der Waals surface area (Å²) in [5.41, 5.74) is 0. The predicted octanol–water partition coefficient (Wildman–Crippen LogP) is 4.84. The molecular formula is C19H32O3. The lowest BCUT2D eigenvalue weighted by Gasteiger charge is -2.16. The Labute approximate surface area is 135 Å². The van der Waals surface area contributed by atoms with Crippen LogP contribution >= 0.6 is 0 Å². The van der Waals surface area contributed by atoms with Crippen molar-refractivity contribution in [2.45, 2.75) is 77.6 Å². The molecule has 0 spiro atoms. The van der Waals surface area contributed by atoms with Gasteiger partial charge in [0, 0.05) is 18.8 Å². The molecule has 22 heavy (non-hydrogen) atoms. The van der Waals surface area contributed by atoms with Crippen LogP contribution in [-0.2, 0) is 14.3 Å². The minimum atomic E-state index is -0.104. The summed E-state index contributed by atoms with van der Waals surface area (Å²) in [4.78, 5) is 23.0. The number of ketones is 1. The zero-order valence-corrected chi connectivity index (χ0v) is 14.3. The third-order valence-corrected chi connectivity index (χ3v) is 4.72. The molecule has 1 aliphatic carbocycles. The average molecular weight is 308 g/mol. The SMILES string of the molecule is CCC=CCC1C(=O)CCC1CCCCCCCC(=O)OC. The van der Waals surface area contributed by atoms with Crippen LogP contribution in [0.5, 0.6) is 0 Å². The van der Waals surface area contributed by atoms with Crippen LogP contribution in [0.15, 0.2) is 12.2 Å². The van der Waals surface area contributed by atoms with Crippen LogP contribution in [0.3, 0.4) is 0 Å². The van der Waals surface area contributed by atoms with Gasteiger partial charge in [-0.2, -0.15) is 0 Å². The summed E-state index contributed by atoms with van der Waals surface area (Å²) >= 11 is 0. The molecule has 3 nitrogen and oxygen atoms in total. The highest BCUT2D eigenvalue weighted by atomic mass is 16.5. The molecular weight excluding hydrogens is 276 g/mol. The van der Waals surface area contributed by atoms with E-state index in [0.29, 0.717) is 18.1 Å². The van der Waals surface area contributed by atoms with Crippen LogP contribution in [0.4, 0.5) is 0 Å². The summed E-state index contributed by atoms with van der Waals surface area (Å²) in [6.45, 7) is 2.13. The predicted molar refractivity (Wildman–Crippen MR) is 89.6 cm³/mol. The smallest absolute Gasteiger partial charge is 0.305 e. The number of hydrogen-bond acceptors (Lipinski definition) is 3. The Bertz CT molecular complexity index is 360. The van der Waals surface area contributed by atoms with Gasteiger partial charge in [-0.15, -0.1) is 0 Å². The monoisotopic (exact) mass is 308 g/mol. The van der Waals surface area contributed by atoms with Gasteiger partial charge in [0.1, 0.15) is 5.78 Å². The molecule has 0 N–H and O–H groups in total. The van der Waals surface area contributed by atoms with Gasteiger partial charge in [-0.25, -0.2) is 0 Å². The highest BCUT2D eigenvalue weighted by molar-refractivity contribution is 5.83. The van der Waals surface area contributed by atoms with E-state index in [4.69, 9.17) is 0 Å². The molecule has 2 unspecified atom stereocenters. The molecule has 1 saturated carbocycles. The van der Waals surface area contributed by atoms with E-state index >= 15 is 0 Å². The van der Waals surface area contributed by atoms with E-state index in [0.717, 1.165) is 38.5 Å². The number of methoxy groups -OCH3 is 1. The minimum Gasteiger partial charge on any atom is -0.469 e. The molecule has 0 bridgehead atoms. The van der Waals surface area contributed by atoms with Gasteiger partial charge in [-0.1, -0.05) is 44.8 Å². The first-order chi connectivity index (χ1) is 10.7. The highest BCUT2D eigenvalue weighted by Crippen LogP contribution is 2.35. The average Bonchev–Trinajstić information content (AvgIpc) is 2.87. The first kappa shape index (κ1) is 18.9. The Morgan fingerprint density at radius 1 is 1.18 bits per heavy atom. The van der Waals surface area contributed by atoms with Crippen molar-refractivity contribution in [1.82, 2.24) is 0 Å². The molecule has 0 saturated heterocycles. The van der Waals surface area contributed by atoms with E-state index < -0.39 is 0 Å². The summed E-state index contributed by atoms with van der Waals surface area (Å²) < 4.78 is 4.63. The molecule has 1 aliphatic rings. The summed E-state index contributed by atoms with van der Waals surface area (Å²) in [5, 5.41) is 0. The van der Waals surface area contributed by atoms with Crippen LogP contribution in [0.2, 0.25) is 0 Å². The second-order valence-corrected chi connectivity index (χ2v) is 6.37. The van der Waals surface area contributed by atoms with Crippen molar-refractivity contribution in [3.63, 3.8) is 0 Å². The molecule has 1 fully saturated rings. The fraction of sp³-hybridized carbons (Fsp3) is 0.789. The Hall–Kier alpha value is -1.12. The minimum absolute atomic E-state index is 0.104. The Kier molecular flexibility index (Phi) is 9.85. The van der Waals surface area contributed by atoms with Gasteiger partial charge >= 0.3 is 5.97 Å². The zero-order chi connectivity index (χ0) is 16.2. The number of unbranched alkanes of at least 4 members (excludes halogenated alkanes) is 4. The topological polar surface area (TPSA) is 43.4 Å². The maximum atomic E-state index is 12.0. The maximum absolute atomic E-state index is 12.0. The largest absolute Gasteiger partial charge is 0.469 e. The molecule has 0 aromatic heterocycles. The summed E-state index contributed by atoms with van der Waals surface area (Å²) in [6, 6.07) is 0. The second kappa shape index (κ2) is 11.4. The third-order valence-electron chi connectivity index (χ3n) is 4.72. The number of Topliss-reactive ketones (excluding diaryl/α,β-unsaturated/α-hetero) is 1. The summed E-state index contributed by atoms with van der Waals surface area (Å²) in [5.74, 6) is 1.25. The van der Waals surface area contributed by atoms with Crippen molar-refractivity contribution in [2.75, 3.05) is 7.11 Å². The molecule has 0 amide bonds. The summed E-state index contributed by atoms with van der Waals surface area (Å²) in [7, 11) is 1.44. The number of allylic oxidation sites excluding steroid dienone is 2. The first-order valence-electron chi connectivity index (χ1n) is 8.93. The van der Waals surface area contributed by atoms with E-state index in [-0.39, 0.29) is 11.9 Å². The van der Waals surface area contributed by atoms with Crippen LogP contribution in [0.25, 0.3) is 0 Å². The maximum Gasteiger partial charge on any atom is 0.305 e. The van der Waals surface area contributed by atoms with Gasteiger partial charge in [-0.05, 0) is 38.0 Å². The third kappa shape index (κ3) is 7.24. The van der Waals surface area contributed by atoms with Crippen LogP contribution in [0, 0.1) is 11.8 Å². The number of esters is 1. The molecule has 2 atom stereocenters. The molecule has 3 heteroatoms. The molecule has 0 radical (unpaired) electrons. The summed E-state index contributed by atoms with van der Waals surface area (Å²) in [6.07, 6.45) is 15.6. The van der Waals surface area contributed by atoms with E-state index in [9.17, 15) is 9.59 Å². The van der Waals surface area contributed by atoms with Gasteiger partial charge < -0.3 is 4.74 Å². The highest BCUT2D eigenvalue weighted by Gasteiger charge is 2.32. The van der Waals surface area contributed by atoms with Gasteiger partial charge in [0.2, 0.25) is 0 Å². The van der Waals surface area contributed by atoms with Crippen molar-refractivity contribution in [1.29, 1.82) is 0 Å². The van der Waals surface area contributed by atoms with E-state index in [1.54, 1.807) is 0 Å². The lowest BCUT2D eigenvalue weighted by Crippen LogP contribution is -2.14. The molecule has 1 rings (SSSR count). The second-order valence-electron chi connectivity index (χ2n) is 6.37. The lowest BCUT2D eigenvalue weighted by molar-refractivity contribution is -0.140. The normalized spacial score (nSPS) is 21.6. The Morgan fingerprint density at radius 3 is 2.64 bits per heavy atom. The Balaban J connectivity index is 2.11. The molecule has 0 aromatic carbocycles. The fourth-order valence-corrected chi connectivity index (χ4v) is 3.36. The van der Waals surface area contributed by atoms with Crippen molar-refractivity contribution in [3.05, 3.63) is 12.2 Å². The molecule has 0 aromatic rings. The molecule has 0 aliphatic heterocycles. The Morgan fingerprint density at radius 2 is 1.91 bits per heavy atom. The number of hydrogen-bond donors (Lipinski definition) is 0. The van der Waals surface area contributed by atoms with Gasteiger partial charge in [0.25, 0.3) is 0 Å².